The van der Waals surface area contributed by atoms with Crippen LogP contribution >= 0.6 is 0 Å². The number of hydrogen-bond acceptors (Lipinski definition) is 5. The maximum absolute atomic E-state index is 10.2. The van der Waals surface area contributed by atoms with Gasteiger partial charge in [0.1, 0.15) is 0 Å². The number of unbranched alkanes of at least 4 members (excludes halogenated alkanes) is 9. The van der Waals surface area contributed by atoms with Gasteiger partial charge in [0.2, 0.25) is 0 Å². The van der Waals surface area contributed by atoms with Crippen LogP contribution in [0.2, 0.25) is 0 Å². The van der Waals surface area contributed by atoms with Crippen molar-refractivity contribution in [1.82, 2.24) is 0 Å². The van der Waals surface area contributed by atoms with Gasteiger partial charge in [-0.2, -0.15) is 16.8 Å². The second kappa shape index (κ2) is 17.3. The summed E-state index contributed by atoms with van der Waals surface area (Å²) in [7, 11) is -8.90. The van der Waals surface area contributed by atoms with Crippen molar-refractivity contribution in [3.63, 3.8) is 0 Å². The Morgan fingerprint density at radius 3 is 1.35 bits per heavy atom. The van der Waals surface area contributed by atoms with Gasteiger partial charge in [0.05, 0.1) is 6.61 Å². The number of rotatable bonds is 12. The first-order chi connectivity index (χ1) is 10.1. The van der Waals surface area contributed by atoms with Crippen LogP contribution in [0.5, 0.6) is 0 Å². The first-order valence-corrected chi connectivity index (χ1v) is 10.1. The zero-order valence-corrected chi connectivity index (χ0v) is 16.7. The second-order valence-corrected chi connectivity index (χ2v) is 6.87. The Kier molecular flexibility index (Phi) is 21.3. The fraction of sp³-hybridized carbons (Fsp3) is 1.00. The summed E-state index contributed by atoms with van der Waals surface area (Å²) in [6.07, 6.45) is 11.9. The van der Waals surface area contributed by atoms with Crippen molar-refractivity contribution in [3.05, 3.63) is 0 Å². The molecular weight excluding hydrogens is 361 g/mol. The first kappa shape index (κ1) is 28.3. The molecule has 0 heterocycles. The molecule has 0 aromatic heterocycles. The van der Waals surface area contributed by atoms with Gasteiger partial charge in [-0.1, -0.05) is 64.7 Å². The second-order valence-electron chi connectivity index (χ2n) is 4.88. The molecular formula is C12H30MgO8S2. The summed E-state index contributed by atoms with van der Waals surface area (Å²) in [6, 6.07) is 0. The Balaban J connectivity index is -0.000000147. The van der Waals surface area contributed by atoms with Crippen LogP contribution < -0.4 is 0 Å². The van der Waals surface area contributed by atoms with Crippen LogP contribution in [0.4, 0.5) is 0 Å². The van der Waals surface area contributed by atoms with Gasteiger partial charge >= 0.3 is 43.9 Å². The maximum Gasteiger partial charge on any atom is 2.00 e. The van der Waals surface area contributed by atoms with Gasteiger partial charge in [-0.3, -0.25) is 13.7 Å². The Bertz CT molecular complexity index is 438. The van der Waals surface area contributed by atoms with Crippen LogP contribution in [0.15, 0.2) is 0 Å². The van der Waals surface area contributed by atoms with E-state index in [9.17, 15) is 8.42 Å². The fourth-order valence-electron chi connectivity index (χ4n) is 1.75. The molecule has 0 bridgehead atoms. The molecule has 11 heteroatoms. The summed E-state index contributed by atoms with van der Waals surface area (Å²) in [5.74, 6) is 0. The van der Waals surface area contributed by atoms with Crippen molar-refractivity contribution >= 4 is 43.9 Å². The molecule has 0 aliphatic rings. The smallest absolute Gasteiger partial charge is 1.00 e. The Hall–Kier alpha value is 0.506. The van der Waals surface area contributed by atoms with Crippen molar-refractivity contribution in [1.29, 1.82) is 0 Å². The molecule has 0 aromatic carbocycles. The minimum Gasteiger partial charge on any atom is -1.00 e. The van der Waals surface area contributed by atoms with E-state index in [1.54, 1.807) is 0 Å². The third-order valence-corrected chi connectivity index (χ3v) is 3.19. The van der Waals surface area contributed by atoms with Crippen LogP contribution in [0, 0.1) is 0 Å². The zero-order chi connectivity index (χ0) is 17.5. The maximum atomic E-state index is 10.2. The van der Waals surface area contributed by atoms with E-state index < -0.39 is 20.8 Å². The predicted molar refractivity (Wildman–Crippen MR) is 91.5 cm³/mol. The van der Waals surface area contributed by atoms with Gasteiger partial charge in [-0.15, -0.1) is 0 Å². The van der Waals surface area contributed by atoms with E-state index in [0.29, 0.717) is 6.42 Å². The molecule has 0 amide bonds. The van der Waals surface area contributed by atoms with Crippen LogP contribution in [-0.2, 0) is 25.0 Å². The van der Waals surface area contributed by atoms with E-state index in [-0.39, 0.29) is 32.5 Å². The van der Waals surface area contributed by atoms with Crippen molar-refractivity contribution in [2.24, 2.45) is 0 Å². The standard InChI is InChI=1S/C12H26O4S.Mg.H2O4S.2H/c1-2-3-4-5-6-7-8-9-10-11-12-16-17(13,14)15;;1-5(2,3)4;;/h2-12H2,1H3,(H,13,14,15);;(H2,1,2,3,4);;/q;+2;;2*-1. The van der Waals surface area contributed by atoms with Gasteiger partial charge in [0.25, 0.3) is 0 Å². The van der Waals surface area contributed by atoms with Crippen LogP contribution in [0.25, 0.3) is 0 Å². The molecule has 0 aliphatic carbocycles. The molecule has 0 atom stereocenters. The van der Waals surface area contributed by atoms with Gasteiger partial charge in [-0.25, -0.2) is 4.18 Å². The van der Waals surface area contributed by atoms with Gasteiger partial charge in [-0.05, 0) is 6.42 Å². The topological polar surface area (TPSA) is 138 Å². The van der Waals surface area contributed by atoms with Gasteiger partial charge in [0, 0.05) is 0 Å². The molecule has 0 spiro atoms. The summed E-state index contributed by atoms with van der Waals surface area (Å²) in [4.78, 5) is 0. The van der Waals surface area contributed by atoms with Gasteiger partial charge < -0.3 is 2.85 Å². The summed E-state index contributed by atoms with van der Waals surface area (Å²) in [6.45, 7) is 2.31. The van der Waals surface area contributed by atoms with Crippen LogP contribution in [0.1, 0.15) is 74.0 Å². The molecule has 23 heavy (non-hydrogen) atoms. The first-order valence-electron chi connectivity index (χ1n) is 7.38. The predicted octanol–water partition coefficient (Wildman–Crippen LogP) is 2.92. The Morgan fingerprint density at radius 1 is 0.739 bits per heavy atom. The molecule has 0 fully saturated rings. The monoisotopic (exact) mass is 390 g/mol. The SMILES string of the molecule is CCCCCCCCCCCCOS(=O)(=O)O.O=S(=O)(O)O.[H-].[H-].[Mg+2]. The fourth-order valence-corrected chi connectivity index (χ4v) is 2.08. The molecule has 8 nitrogen and oxygen atoms in total. The van der Waals surface area contributed by atoms with E-state index >= 15 is 0 Å². The minimum absolute atomic E-state index is 0. The van der Waals surface area contributed by atoms with E-state index in [1.165, 1.54) is 44.9 Å². The van der Waals surface area contributed by atoms with Crippen molar-refractivity contribution in [2.45, 2.75) is 71.1 Å². The molecule has 3 N–H and O–H groups in total. The average molecular weight is 391 g/mol. The quantitative estimate of drug-likeness (QED) is 0.262. The molecule has 0 rings (SSSR count). The largest absolute Gasteiger partial charge is 2.00 e. The molecule has 0 saturated carbocycles. The molecule has 140 valence electrons. The normalized spacial score (nSPS) is 11.3. The van der Waals surface area contributed by atoms with Gasteiger partial charge in [0.15, 0.2) is 0 Å². The van der Waals surface area contributed by atoms with Crippen LogP contribution in [-0.4, -0.2) is 60.2 Å². The third kappa shape index (κ3) is 45.0. The molecule has 0 unspecified atom stereocenters. The molecule has 0 radical (unpaired) electrons. The zero-order valence-electron chi connectivity index (χ0n) is 15.7. The summed E-state index contributed by atoms with van der Waals surface area (Å²) >= 11 is 0. The molecule has 0 saturated heterocycles. The van der Waals surface area contributed by atoms with E-state index in [1.807, 2.05) is 0 Å². The van der Waals surface area contributed by atoms with E-state index in [2.05, 4.69) is 11.1 Å². The van der Waals surface area contributed by atoms with Crippen LogP contribution in [0.3, 0.4) is 0 Å². The summed E-state index contributed by atoms with van der Waals surface area (Å²) in [5, 5.41) is 0. The van der Waals surface area contributed by atoms with Crippen molar-refractivity contribution < 1.29 is 37.5 Å². The minimum atomic E-state index is -4.67. The average Bonchev–Trinajstić information content (AvgIpc) is 2.32. The van der Waals surface area contributed by atoms with E-state index in [0.717, 1.165) is 12.8 Å². The Labute approximate surface area is 159 Å². The number of hydrogen-bond donors (Lipinski definition) is 3. The molecule has 0 aliphatic heterocycles. The van der Waals surface area contributed by atoms with Crippen molar-refractivity contribution in [3.8, 4) is 0 Å². The summed E-state index contributed by atoms with van der Waals surface area (Å²) in [5.41, 5.74) is 0. The van der Waals surface area contributed by atoms with Crippen molar-refractivity contribution in [2.75, 3.05) is 6.61 Å². The molecule has 0 aromatic rings. The van der Waals surface area contributed by atoms with E-state index in [4.69, 9.17) is 22.1 Å². The Morgan fingerprint density at radius 2 is 1.04 bits per heavy atom. The third-order valence-electron chi connectivity index (χ3n) is 2.73. The summed E-state index contributed by atoms with van der Waals surface area (Å²) < 4.78 is 64.6.